The Bertz CT molecular complexity index is 737. The molecule has 1 N–H and O–H groups in total. The summed E-state index contributed by atoms with van der Waals surface area (Å²) in [6, 6.07) is 11.1. The van der Waals surface area contributed by atoms with E-state index in [0.29, 0.717) is 12.0 Å². The fourth-order valence-electron chi connectivity index (χ4n) is 2.33. The summed E-state index contributed by atoms with van der Waals surface area (Å²) in [7, 11) is 1.74. The summed E-state index contributed by atoms with van der Waals surface area (Å²) in [5.41, 5.74) is 1.27. The van der Waals surface area contributed by atoms with E-state index >= 15 is 0 Å². The molecule has 0 radical (unpaired) electrons. The number of hydrogen-bond donors (Lipinski definition) is 1. The number of nitrogens with one attached hydrogen (secondary N) is 1. The van der Waals surface area contributed by atoms with E-state index in [1.807, 2.05) is 24.3 Å². The Balaban J connectivity index is 1.91. The molecule has 1 aromatic heterocycles. The molecule has 0 saturated carbocycles. The second kappa shape index (κ2) is 5.87. The van der Waals surface area contributed by atoms with Crippen LogP contribution in [-0.2, 0) is 6.42 Å². The SMILES string of the molecule is CNC(Cc1nc2ccccc2s1)c1cc(F)ccc1F. The molecule has 0 aliphatic heterocycles. The highest BCUT2D eigenvalue weighted by Crippen LogP contribution is 2.27. The third-order valence-corrected chi connectivity index (χ3v) is 4.46. The lowest BCUT2D eigenvalue weighted by Crippen LogP contribution is -2.20. The molecule has 1 heterocycles. The highest BCUT2D eigenvalue weighted by molar-refractivity contribution is 7.18. The van der Waals surface area contributed by atoms with Crippen LogP contribution in [0.4, 0.5) is 8.78 Å². The van der Waals surface area contributed by atoms with Crippen LogP contribution in [0.2, 0.25) is 0 Å². The summed E-state index contributed by atoms with van der Waals surface area (Å²) in [5.74, 6) is -0.840. The first-order chi connectivity index (χ1) is 10.2. The van der Waals surface area contributed by atoms with Crippen LogP contribution in [0.25, 0.3) is 10.2 Å². The number of nitrogens with zero attached hydrogens (tertiary/aromatic N) is 1. The number of para-hydroxylation sites is 1. The first-order valence-corrected chi connectivity index (χ1v) is 7.45. The number of thiazole rings is 1. The van der Waals surface area contributed by atoms with E-state index in [-0.39, 0.29) is 6.04 Å². The topological polar surface area (TPSA) is 24.9 Å². The van der Waals surface area contributed by atoms with Crippen LogP contribution in [0.15, 0.2) is 42.5 Å². The van der Waals surface area contributed by atoms with Gasteiger partial charge in [0.2, 0.25) is 0 Å². The van der Waals surface area contributed by atoms with Crippen molar-refractivity contribution in [3.05, 3.63) is 64.7 Å². The number of hydrogen-bond acceptors (Lipinski definition) is 3. The van der Waals surface area contributed by atoms with E-state index in [1.54, 1.807) is 18.4 Å². The molecular formula is C16H14F2N2S. The molecule has 5 heteroatoms. The van der Waals surface area contributed by atoms with Crippen LogP contribution in [0.1, 0.15) is 16.6 Å². The molecule has 2 aromatic carbocycles. The van der Waals surface area contributed by atoms with E-state index in [2.05, 4.69) is 10.3 Å². The standard InChI is InChI=1S/C16H14F2N2S/c1-19-14(11-8-10(17)6-7-12(11)18)9-16-20-13-4-2-3-5-15(13)21-16/h2-8,14,19H,9H2,1H3. The minimum atomic E-state index is -0.434. The van der Waals surface area contributed by atoms with Crippen LogP contribution < -0.4 is 5.32 Å². The van der Waals surface area contributed by atoms with Crippen molar-refractivity contribution >= 4 is 21.6 Å². The van der Waals surface area contributed by atoms with Gasteiger partial charge in [0.15, 0.2) is 0 Å². The maximum atomic E-state index is 13.9. The third-order valence-electron chi connectivity index (χ3n) is 3.40. The molecular weight excluding hydrogens is 290 g/mol. The minimum absolute atomic E-state index is 0.304. The number of likely N-dealkylation sites (N-methyl/N-ethyl adjacent to an activating group) is 1. The highest BCUT2D eigenvalue weighted by Gasteiger charge is 2.17. The molecule has 1 atom stereocenters. The molecule has 21 heavy (non-hydrogen) atoms. The van der Waals surface area contributed by atoms with Gasteiger partial charge in [0.05, 0.1) is 15.2 Å². The van der Waals surface area contributed by atoms with Crippen molar-refractivity contribution in [2.45, 2.75) is 12.5 Å². The maximum absolute atomic E-state index is 13.9. The minimum Gasteiger partial charge on any atom is -0.313 e. The number of benzene rings is 2. The largest absolute Gasteiger partial charge is 0.313 e. The van der Waals surface area contributed by atoms with Crippen molar-refractivity contribution in [1.82, 2.24) is 10.3 Å². The summed E-state index contributed by atoms with van der Waals surface area (Å²) in [6.07, 6.45) is 0.524. The zero-order valence-electron chi connectivity index (χ0n) is 11.4. The molecule has 0 bridgehead atoms. The Labute approximate surface area is 125 Å². The van der Waals surface area contributed by atoms with E-state index in [4.69, 9.17) is 0 Å². The monoisotopic (exact) mass is 304 g/mol. The van der Waals surface area contributed by atoms with Gasteiger partial charge in [-0.1, -0.05) is 12.1 Å². The lowest BCUT2D eigenvalue weighted by molar-refractivity contribution is 0.522. The highest BCUT2D eigenvalue weighted by atomic mass is 32.1. The number of halogens is 2. The van der Waals surface area contributed by atoms with Crippen LogP contribution in [-0.4, -0.2) is 12.0 Å². The molecule has 0 amide bonds. The summed E-state index contributed by atoms with van der Waals surface area (Å²) < 4.78 is 28.3. The zero-order chi connectivity index (χ0) is 14.8. The zero-order valence-corrected chi connectivity index (χ0v) is 12.3. The van der Waals surface area contributed by atoms with E-state index in [0.717, 1.165) is 27.4 Å². The predicted molar refractivity (Wildman–Crippen MR) is 81.5 cm³/mol. The van der Waals surface area contributed by atoms with E-state index < -0.39 is 11.6 Å². The number of rotatable bonds is 4. The predicted octanol–water partition coefficient (Wildman–Crippen LogP) is 4.08. The average Bonchev–Trinajstić information content (AvgIpc) is 2.90. The average molecular weight is 304 g/mol. The first-order valence-electron chi connectivity index (χ1n) is 6.64. The molecule has 0 aliphatic carbocycles. The van der Waals surface area contributed by atoms with E-state index in [1.165, 1.54) is 6.07 Å². The summed E-state index contributed by atoms with van der Waals surface area (Å²) in [6.45, 7) is 0. The number of fused-ring (bicyclic) bond motifs is 1. The van der Waals surface area contributed by atoms with Gasteiger partial charge in [-0.15, -0.1) is 11.3 Å². The first kappa shape index (κ1) is 14.1. The van der Waals surface area contributed by atoms with Crippen molar-refractivity contribution in [1.29, 1.82) is 0 Å². The van der Waals surface area contributed by atoms with Crippen LogP contribution in [0.5, 0.6) is 0 Å². The third kappa shape index (κ3) is 2.94. The molecule has 3 rings (SSSR count). The Hall–Kier alpha value is -1.85. The molecule has 3 aromatic rings. The van der Waals surface area contributed by atoms with Crippen LogP contribution >= 0.6 is 11.3 Å². The van der Waals surface area contributed by atoms with Gasteiger partial charge in [-0.3, -0.25) is 0 Å². The lowest BCUT2D eigenvalue weighted by atomic mass is 10.0. The van der Waals surface area contributed by atoms with Gasteiger partial charge in [0, 0.05) is 18.0 Å². The normalized spacial score (nSPS) is 12.7. The van der Waals surface area contributed by atoms with Gasteiger partial charge >= 0.3 is 0 Å². The Morgan fingerprint density at radius 2 is 2.00 bits per heavy atom. The Morgan fingerprint density at radius 1 is 1.19 bits per heavy atom. The number of aromatic nitrogens is 1. The van der Waals surface area contributed by atoms with Gasteiger partial charge in [0.1, 0.15) is 11.6 Å². The van der Waals surface area contributed by atoms with Gasteiger partial charge in [-0.05, 0) is 37.4 Å². The molecule has 0 fully saturated rings. The molecule has 0 aliphatic rings. The van der Waals surface area contributed by atoms with Crippen molar-refractivity contribution in [2.24, 2.45) is 0 Å². The summed E-state index contributed by atoms with van der Waals surface area (Å²) >= 11 is 1.58. The second-order valence-electron chi connectivity index (χ2n) is 4.79. The molecule has 108 valence electrons. The van der Waals surface area contributed by atoms with Gasteiger partial charge in [0.25, 0.3) is 0 Å². The van der Waals surface area contributed by atoms with Gasteiger partial charge in [-0.2, -0.15) is 0 Å². The van der Waals surface area contributed by atoms with Crippen molar-refractivity contribution in [3.8, 4) is 0 Å². The van der Waals surface area contributed by atoms with Crippen LogP contribution in [0.3, 0.4) is 0 Å². The lowest BCUT2D eigenvalue weighted by Gasteiger charge is -2.16. The molecule has 1 unspecified atom stereocenters. The summed E-state index contributed by atoms with van der Waals surface area (Å²) in [4.78, 5) is 4.54. The fraction of sp³-hybridized carbons (Fsp3) is 0.188. The molecule has 2 nitrogen and oxygen atoms in total. The van der Waals surface area contributed by atoms with Crippen molar-refractivity contribution in [2.75, 3.05) is 7.05 Å². The maximum Gasteiger partial charge on any atom is 0.128 e. The van der Waals surface area contributed by atoms with E-state index in [9.17, 15) is 8.78 Å². The smallest absolute Gasteiger partial charge is 0.128 e. The Kier molecular flexibility index (Phi) is 3.94. The van der Waals surface area contributed by atoms with Crippen molar-refractivity contribution < 1.29 is 8.78 Å². The summed E-state index contributed by atoms with van der Waals surface area (Å²) in [5, 5.41) is 3.94. The second-order valence-corrected chi connectivity index (χ2v) is 5.90. The van der Waals surface area contributed by atoms with Crippen molar-refractivity contribution in [3.63, 3.8) is 0 Å². The van der Waals surface area contributed by atoms with Crippen LogP contribution in [0, 0.1) is 11.6 Å². The van der Waals surface area contributed by atoms with Gasteiger partial charge < -0.3 is 5.32 Å². The quantitative estimate of drug-likeness (QED) is 0.785. The molecule has 0 saturated heterocycles. The molecule has 0 spiro atoms. The fourth-order valence-corrected chi connectivity index (χ4v) is 3.34. The van der Waals surface area contributed by atoms with Gasteiger partial charge in [-0.25, -0.2) is 13.8 Å². The Morgan fingerprint density at radius 3 is 2.76 bits per heavy atom.